The molecule has 0 saturated heterocycles. The summed E-state index contributed by atoms with van der Waals surface area (Å²) in [5.74, 6) is -0.429. The van der Waals surface area contributed by atoms with Crippen molar-refractivity contribution in [3.8, 4) is 0 Å². The lowest BCUT2D eigenvalue weighted by Gasteiger charge is -2.21. The SMILES string of the molecule is C=C(C=C(C=CC(C)(C)OC(=O)NCCC(=O)O)CC)OC. The molecule has 0 aliphatic heterocycles. The van der Waals surface area contributed by atoms with Crippen LogP contribution < -0.4 is 5.32 Å². The van der Waals surface area contributed by atoms with Crippen molar-refractivity contribution in [2.45, 2.75) is 39.2 Å². The molecule has 0 fully saturated rings. The van der Waals surface area contributed by atoms with Crippen molar-refractivity contribution in [3.63, 3.8) is 0 Å². The van der Waals surface area contributed by atoms with E-state index in [0.29, 0.717) is 5.76 Å². The van der Waals surface area contributed by atoms with Crippen LogP contribution in [0.2, 0.25) is 0 Å². The lowest BCUT2D eigenvalue weighted by Crippen LogP contribution is -2.34. The van der Waals surface area contributed by atoms with Gasteiger partial charge in [0, 0.05) is 6.54 Å². The van der Waals surface area contributed by atoms with Crippen molar-refractivity contribution < 1.29 is 24.2 Å². The molecule has 6 nitrogen and oxygen atoms in total. The molecule has 0 aliphatic rings. The zero-order valence-electron chi connectivity index (χ0n) is 13.6. The molecule has 0 atom stereocenters. The van der Waals surface area contributed by atoms with Crippen molar-refractivity contribution in [2.75, 3.05) is 13.7 Å². The van der Waals surface area contributed by atoms with Crippen molar-refractivity contribution in [1.82, 2.24) is 5.32 Å². The number of allylic oxidation sites excluding steroid dienone is 3. The number of rotatable bonds is 9. The van der Waals surface area contributed by atoms with Gasteiger partial charge in [0.25, 0.3) is 0 Å². The quantitative estimate of drug-likeness (QED) is 0.505. The van der Waals surface area contributed by atoms with Gasteiger partial charge in [0.2, 0.25) is 0 Å². The van der Waals surface area contributed by atoms with Gasteiger partial charge in [-0.2, -0.15) is 0 Å². The highest BCUT2D eigenvalue weighted by Crippen LogP contribution is 2.15. The molecule has 2 N–H and O–H groups in total. The molecule has 6 heteroatoms. The van der Waals surface area contributed by atoms with Crippen LogP contribution in [-0.2, 0) is 14.3 Å². The molecule has 0 saturated carbocycles. The second-order valence-electron chi connectivity index (χ2n) is 5.14. The van der Waals surface area contributed by atoms with Crippen LogP contribution in [-0.4, -0.2) is 36.4 Å². The number of carboxylic acids is 1. The standard InChI is InChI=1S/C16H25NO5/c1-6-13(11-12(2)21-5)7-9-16(3,4)22-15(20)17-10-8-14(18)19/h7,9,11H,2,6,8,10H2,1,3-5H3,(H,17,20)(H,18,19). The number of ether oxygens (including phenoxy) is 2. The number of amides is 1. The fourth-order valence-corrected chi connectivity index (χ4v) is 1.42. The lowest BCUT2D eigenvalue weighted by atomic mass is 10.1. The van der Waals surface area contributed by atoms with Crippen LogP contribution in [0.5, 0.6) is 0 Å². The van der Waals surface area contributed by atoms with Crippen molar-refractivity contribution in [1.29, 1.82) is 0 Å². The van der Waals surface area contributed by atoms with Crippen LogP contribution in [0.25, 0.3) is 0 Å². The average molecular weight is 311 g/mol. The summed E-state index contributed by atoms with van der Waals surface area (Å²) in [6, 6.07) is 0. The van der Waals surface area contributed by atoms with Crippen molar-refractivity contribution >= 4 is 12.1 Å². The molecular formula is C16H25NO5. The molecule has 1 amide bonds. The predicted molar refractivity (Wildman–Crippen MR) is 84.5 cm³/mol. The van der Waals surface area contributed by atoms with Gasteiger partial charge in [0.05, 0.1) is 13.5 Å². The monoisotopic (exact) mass is 311 g/mol. The van der Waals surface area contributed by atoms with E-state index in [-0.39, 0.29) is 13.0 Å². The Kier molecular flexibility index (Phi) is 8.67. The van der Waals surface area contributed by atoms with E-state index in [1.165, 1.54) is 0 Å². The molecule has 22 heavy (non-hydrogen) atoms. The Morgan fingerprint density at radius 3 is 2.50 bits per heavy atom. The van der Waals surface area contributed by atoms with Gasteiger partial charge in [0.1, 0.15) is 11.4 Å². The number of alkyl carbamates (subject to hydrolysis) is 1. The normalized spacial score (nSPS) is 12.1. The van der Waals surface area contributed by atoms with E-state index >= 15 is 0 Å². The van der Waals surface area contributed by atoms with Gasteiger partial charge in [-0.25, -0.2) is 4.79 Å². The Morgan fingerprint density at radius 1 is 1.36 bits per heavy atom. The van der Waals surface area contributed by atoms with Crippen LogP contribution in [0.3, 0.4) is 0 Å². The Morgan fingerprint density at radius 2 is 2.00 bits per heavy atom. The minimum atomic E-state index is -0.976. The topological polar surface area (TPSA) is 84.9 Å². The van der Waals surface area contributed by atoms with Crippen LogP contribution >= 0.6 is 0 Å². The van der Waals surface area contributed by atoms with E-state index in [9.17, 15) is 9.59 Å². The van der Waals surface area contributed by atoms with Crippen LogP contribution in [0.15, 0.2) is 36.1 Å². The fourth-order valence-electron chi connectivity index (χ4n) is 1.42. The van der Waals surface area contributed by atoms with Crippen molar-refractivity contribution in [3.05, 3.63) is 36.1 Å². The third-order valence-corrected chi connectivity index (χ3v) is 2.68. The Bertz CT molecular complexity index is 463. The highest BCUT2D eigenvalue weighted by atomic mass is 16.6. The minimum absolute atomic E-state index is 0.0295. The maximum Gasteiger partial charge on any atom is 0.407 e. The maximum atomic E-state index is 11.6. The summed E-state index contributed by atoms with van der Waals surface area (Å²) >= 11 is 0. The summed E-state index contributed by atoms with van der Waals surface area (Å²) in [6.45, 7) is 9.22. The molecule has 124 valence electrons. The van der Waals surface area contributed by atoms with Crippen molar-refractivity contribution in [2.24, 2.45) is 0 Å². The Labute approximate surface area is 131 Å². The number of methoxy groups -OCH3 is 1. The molecule has 0 aromatic rings. The summed E-state index contributed by atoms with van der Waals surface area (Å²) in [5.41, 5.74) is 0.158. The number of carbonyl (C=O) groups excluding carboxylic acids is 1. The second kappa shape index (κ2) is 9.65. The number of carboxylic acid groups (broad SMARTS) is 1. The Balaban J connectivity index is 4.57. The van der Waals surface area contributed by atoms with E-state index in [1.807, 2.05) is 13.0 Å². The molecular weight excluding hydrogens is 286 g/mol. The van der Waals surface area contributed by atoms with Crippen LogP contribution in [0, 0.1) is 0 Å². The first-order valence-electron chi connectivity index (χ1n) is 7.01. The van der Waals surface area contributed by atoms with Gasteiger partial charge >= 0.3 is 12.1 Å². The van der Waals surface area contributed by atoms with E-state index in [2.05, 4.69) is 11.9 Å². The highest BCUT2D eigenvalue weighted by molar-refractivity contribution is 5.70. The third kappa shape index (κ3) is 9.63. The van der Waals surface area contributed by atoms with Gasteiger partial charge in [-0.3, -0.25) is 4.79 Å². The van der Waals surface area contributed by atoms with E-state index in [0.717, 1.165) is 12.0 Å². The summed E-state index contributed by atoms with van der Waals surface area (Å²) in [5, 5.41) is 10.9. The van der Waals surface area contributed by atoms with Crippen LogP contribution in [0.1, 0.15) is 33.6 Å². The smallest absolute Gasteiger partial charge is 0.407 e. The number of hydrogen-bond donors (Lipinski definition) is 2. The first-order chi connectivity index (χ1) is 10.2. The minimum Gasteiger partial charge on any atom is -0.497 e. The third-order valence-electron chi connectivity index (χ3n) is 2.68. The molecule has 0 spiro atoms. The molecule has 0 rings (SSSR count). The van der Waals surface area contributed by atoms with E-state index < -0.39 is 17.7 Å². The average Bonchev–Trinajstić information content (AvgIpc) is 2.42. The number of hydrogen-bond acceptors (Lipinski definition) is 4. The molecule has 0 unspecified atom stereocenters. The highest BCUT2D eigenvalue weighted by Gasteiger charge is 2.19. The maximum absolute atomic E-state index is 11.6. The predicted octanol–water partition coefficient (Wildman–Crippen LogP) is 3.02. The van der Waals surface area contributed by atoms with Gasteiger partial charge in [0.15, 0.2) is 0 Å². The van der Waals surface area contributed by atoms with Gasteiger partial charge in [-0.1, -0.05) is 19.6 Å². The molecule has 0 aromatic heterocycles. The summed E-state index contributed by atoms with van der Waals surface area (Å²) < 4.78 is 10.2. The van der Waals surface area contributed by atoms with Gasteiger partial charge in [-0.15, -0.1) is 0 Å². The number of nitrogens with one attached hydrogen (secondary N) is 1. The second-order valence-corrected chi connectivity index (χ2v) is 5.14. The molecule has 0 aromatic carbocycles. The summed E-state index contributed by atoms with van der Waals surface area (Å²) in [6.07, 6.45) is 5.38. The van der Waals surface area contributed by atoms with Gasteiger partial charge < -0.3 is 19.9 Å². The summed E-state index contributed by atoms with van der Waals surface area (Å²) in [7, 11) is 1.55. The molecule has 0 heterocycles. The number of carbonyl (C=O) groups is 2. The van der Waals surface area contributed by atoms with E-state index in [4.69, 9.17) is 14.6 Å². The zero-order valence-corrected chi connectivity index (χ0v) is 13.6. The fraction of sp³-hybridized carbons (Fsp3) is 0.500. The molecule has 0 aliphatic carbocycles. The summed E-state index contributed by atoms with van der Waals surface area (Å²) in [4.78, 5) is 21.9. The largest absolute Gasteiger partial charge is 0.497 e. The van der Waals surface area contributed by atoms with E-state index in [1.54, 1.807) is 33.1 Å². The molecule has 0 radical (unpaired) electrons. The Hall–Kier alpha value is -2.24. The lowest BCUT2D eigenvalue weighted by molar-refractivity contribution is -0.136. The van der Waals surface area contributed by atoms with Crippen LogP contribution in [0.4, 0.5) is 4.79 Å². The number of aliphatic carboxylic acids is 1. The first-order valence-corrected chi connectivity index (χ1v) is 7.01. The van der Waals surface area contributed by atoms with Gasteiger partial charge in [-0.05, 0) is 38.0 Å². The zero-order chi connectivity index (χ0) is 17.2. The molecule has 0 bridgehead atoms. The first kappa shape index (κ1) is 19.8.